The third kappa shape index (κ3) is 3.99. The van der Waals surface area contributed by atoms with E-state index in [0.29, 0.717) is 13.2 Å². The number of hydrogen-bond donors (Lipinski definition) is 1. The predicted molar refractivity (Wildman–Crippen MR) is 92.3 cm³/mol. The Morgan fingerprint density at radius 1 is 1.38 bits per heavy atom. The van der Waals surface area contributed by atoms with Crippen LogP contribution in [0.2, 0.25) is 0 Å². The number of pyridine rings is 1. The molecule has 7 nitrogen and oxygen atoms in total. The molecular formula is C17H20N4O3. The van der Waals surface area contributed by atoms with Crippen LogP contribution in [0.3, 0.4) is 0 Å². The summed E-state index contributed by atoms with van der Waals surface area (Å²) in [6.45, 7) is 5.09. The highest BCUT2D eigenvalue weighted by molar-refractivity contribution is 5.49. The number of nitro groups is 1. The fourth-order valence-electron chi connectivity index (χ4n) is 2.68. The second-order valence-corrected chi connectivity index (χ2v) is 5.81. The molecule has 7 heteroatoms. The minimum Gasteiger partial charge on any atom is -0.381 e. The van der Waals surface area contributed by atoms with Crippen LogP contribution in [0.1, 0.15) is 12.5 Å². The predicted octanol–water partition coefficient (Wildman–Crippen LogP) is 2.83. The van der Waals surface area contributed by atoms with Crippen molar-refractivity contribution >= 4 is 17.2 Å². The second-order valence-electron chi connectivity index (χ2n) is 5.81. The normalized spacial score (nSPS) is 17.5. The van der Waals surface area contributed by atoms with Gasteiger partial charge in [-0.05, 0) is 36.8 Å². The van der Waals surface area contributed by atoms with Gasteiger partial charge in [-0.3, -0.25) is 10.1 Å². The number of aromatic nitrogens is 1. The van der Waals surface area contributed by atoms with E-state index in [2.05, 4.69) is 28.2 Å². The number of morpholine rings is 1. The number of benzene rings is 1. The molecule has 0 unspecified atom stereocenters. The smallest absolute Gasteiger partial charge is 0.269 e. The molecule has 1 aliphatic rings. The van der Waals surface area contributed by atoms with Crippen molar-refractivity contribution in [2.45, 2.75) is 19.6 Å². The van der Waals surface area contributed by atoms with Gasteiger partial charge in [-0.15, -0.1) is 0 Å². The summed E-state index contributed by atoms with van der Waals surface area (Å²) in [5.41, 5.74) is 2.05. The van der Waals surface area contributed by atoms with E-state index in [1.54, 1.807) is 12.1 Å². The highest BCUT2D eigenvalue weighted by Gasteiger charge is 2.17. The molecule has 3 rings (SSSR count). The van der Waals surface area contributed by atoms with E-state index in [4.69, 9.17) is 4.74 Å². The minimum atomic E-state index is -0.401. The fourth-order valence-corrected chi connectivity index (χ4v) is 2.68. The van der Waals surface area contributed by atoms with Gasteiger partial charge in [0.15, 0.2) is 0 Å². The maximum Gasteiger partial charge on any atom is 0.269 e. The molecule has 0 amide bonds. The van der Waals surface area contributed by atoms with Crippen LogP contribution in [0.25, 0.3) is 0 Å². The van der Waals surface area contributed by atoms with Gasteiger partial charge in [0, 0.05) is 43.7 Å². The van der Waals surface area contributed by atoms with Crippen molar-refractivity contribution in [1.82, 2.24) is 4.98 Å². The number of non-ortho nitro benzene ring substituents is 1. The quantitative estimate of drug-likeness (QED) is 0.671. The zero-order valence-electron chi connectivity index (χ0n) is 13.5. The maximum absolute atomic E-state index is 10.7. The first kappa shape index (κ1) is 16.2. The summed E-state index contributed by atoms with van der Waals surface area (Å²) in [5, 5.41) is 13.9. The van der Waals surface area contributed by atoms with E-state index in [1.165, 1.54) is 12.1 Å². The standard InChI is InChI=1S/C17H20N4O3/c1-13-12-20(8-9-24-13)17-10-14(6-7-18-17)11-19-15-2-4-16(5-3-15)21(22)23/h2-7,10,13,19H,8-9,11-12H2,1H3/t13-/m1/s1. The Labute approximate surface area is 140 Å². The van der Waals surface area contributed by atoms with Crippen LogP contribution in [0.15, 0.2) is 42.6 Å². The largest absolute Gasteiger partial charge is 0.381 e. The molecule has 1 saturated heterocycles. The van der Waals surface area contributed by atoms with Crippen LogP contribution < -0.4 is 10.2 Å². The molecule has 1 N–H and O–H groups in total. The van der Waals surface area contributed by atoms with Gasteiger partial charge in [0.2, 0.25) is 0 Å². The Balaban J connectivity index is 1.63. The molecular weight excluding hydrogens is 308 g/mol. The molecule has 2 heterocycles. The van der Waals surface area contributed by atoms with E-state index in [-0.39, 0.29) is 11.8 Å². The molecule has 1 aliphatic heterocycles. The Bertz CT molecular complexity index is 705. The number of nitro benzene ring substituents is 1. The van der Waals surface area contributed by atoms with E-state index >= 15 is 0 Å². The highest BCUT2D eigenvalue weighted by Crippen LogP contribution is 2.19. The van der Waals surface area contributed by atoms with E-state index in [9.17, 15) is 10.1 Å². The van der Waals surface area contributed by atoms with Crippen LogP contribution in [0, 0.1) is 10.1 Å². The minimum absolute atomic E-state index is 0.0909. The van der Waals surface area contributed by atoms with Crippen molar-refractivity contribution in [3.8, 4) is 0 Å². The second kappa shape index (κ2) is 7.27. The third-order valence-electron chi connectivity index (χ3n) is 3.95. The lowest BCUT2D eigenvalue weighted by molar-refractivity contribution is -0.384. The summed E-state index contributed by atoms with van der Waals surface area (Å²) in [7, 11) is 0. The van der Waals surface area contributed by atoms with Crippen LogP contribution in [-0.2, 0) is 11.3 Å². The van der Waals surface area contributed by atoms with Gasteiger partial charge in [-0.1, -0.05) is 0 Å². The summed E-state index contributed by atoms with van der Waals surface area (Å²) in [6, 6.07) is 10.4. The number of rotatable bonds is 5. The van der Waals surface area contributed by atoms with Crippen LogP contribution in [0.5, 0.6) is 0 Å². The topological polar surface area (TPSA) is 80.5 Å². The van der Waals surface area contributed by atoms with Gasteiger partial charge in [0.05, 0.1) is 17.6 Å². The lowest BCUT2D eigenvalue weighted by Gasteiger charge is -2.32. The van der Waals surface area contributed by atoms with Crippen LogP contribution in [-0.4, -0.2) is 35.7 Å². The molecule has 1 aromatic heterocycles. The molecule has 0 bridgehead atoms. The highest BCUT2D eigenvalue weighted by atomic mass is 16.6. The SMILES string of the molecule is C[C@@H]1CN(c2cc(CNc3ccc([N+](=O)[O-])cc3)ccn2)CCO1. The van der Waals surface area contributed by atoms with Gasteiger partial charge >= 0.3 is 0 Å². The first-order chi connectivity index (χ1) is 11.6. The van der Waals surface area contributed by atoms with Crippen molar-refractivity contribution in [3.05, 3.63) is 58.3 Å². The number of nitrogens with one attached hydrogen (secondary N) is 1. The molecule has 0 aliphatic carbocycles. The first-order valence-electron chi connectivity index (χ1n) is 7.91. The molecule has 24 heavy (non-hydrogen) atoms. The first-order valence-corrected chi connectivity index (χ1v) is 7.91. The van der Waals surface area contributed by atoms with Gasteiger partial charge < -0.3 is 15.0 Å². The number of ether oxygens (including phenoxy) is 1. The van der Waals surface area contributed by atoms with Gasteiger partial charge in [0.1, 0.15) is 5.82 Å². The number of nitrogens with zero attached hydrogens (tertiary/aromatic N) is 3. The molecule has 0 radical (unpaired) electrons. The number of anilines is 2. The zero-order chi connectivity index (χ0) is 16.9. The van der Waals surface area contributed by atoms with Crippen molar-refractivity contribution in [1.29, 1.82) is 0 Å². The average molecular weight is 328 g/mol. The van der Waals surface area contributed by atoms with Crippen molar-refractivity contribution in [2.75, 3.05) is 29.9 Å². The number of hydrogen-bond acceptors (Lipinski definition) is 6. The van der Waals surface area contributed by atoms with Gasteiger partial charge in [-0.2, -0.15) is 0 Å². The zero-order valence-corrected chi connectivity index (χ0v) is 13.5. The van der Waals surface area contributed by atoms with E-state index in [1.807, 2.05) is 12.3 Å². The van der Waals surface area contributed by atoms with Crippen molar-refractivity contribution < 1.29 is 9.66 Å². The van der Waals surface area contributed by atoms with Crippen molar-refractivity contribution in [3.63, 3.8) is 0 Å². The summed E-state index contributed by atoms with van der Waals surface area (Å²) in [6.07, 6.45) is 2.02. The molecule has 1 atom stereocenters. The Hall–Kier alpha value is -2.67. The Morgan fingerprint density at radius 3 is 2.88 bits per heavy atom. The van der Waals surface area contributed by atoms with Crippen LogP contribution in [0.4, 0.5) is 17.2 Å². The lowest BCUT2D eigenvalue weighted by Crippen LogP contribution is -2.41. The Morgan fingerprint density at radius 2 is 2.17 bits per heavy atom. The maximum atomic E-state index is 10.7. The molecule has 2 aromatic rings. The monoisotopic (exact) mass is 328 g/mol. The fraction of sp³-hybridized carbons (Fsp3) is 0.353. The van der Waals surface area contributed by atoms with E-state index < -0.39 is 4.92 Å². The molecule has 1 fully saturated rings. The molecule has 126 valence electrons. The summed E-state index contributed by atoms with van der Waals surface area (Å²) < 4.78 is 5.56. The summed E-state index contributed by atoms with van der Waals surface area (Å²) in [4.78, 5) is 16.9. The summed E-state index contributed by atoms with van der Waals surface area (Å²) >= 11 is 0. The average Bonchev–Trinajstić information content (AvgIpc) is 2.60. The summed E-state index contributed by atoms with van der Waals surface area (Å²) in [5.74, 6) is 0.952. The lowest BCUT2D eigenvalue weighted by atomic mass is 10.2. The molecule has 1 aromatic carbocycles. The van der Waals surface area contributed by atoms with Gasteiger partial charge in [-0.25, -0.2) is 4.98 Å². The molecule has 0 spiro atoms. The van der Waals surface area contributed by atoms with Crippen LogP contribution >= 0.6 is 0 Å². The van der Waals surface area contributed by atoms with Gasteiger partial charge in [0.25, 0.3) is 5.69 Å². The Kier molecular flexibility index (Phi) is 4.90. The molecule has 0 saturated carbocycles. The third-order valence-corrected chi connectivity index (χ3v) is 3.95. The van der Waals surface area contributed by atoms with Crippen molar-refractivity contribution in [2.24, 2.45) is 0 Å². The van der Waals surface area contributed by atoms with E-state index in [0.717, 1.165) is 30.2 Å².